The first-order valence-corrected chi connectivity index (χ1v) is 7.76. The number of likely N-dealkylation sites (N-methyl/N-ethyl adjacent to an activating group) is 1. The largest absolute Gasteiger partial charge is 0.340 e. The molecule has 0 aliphatic carbocycles. The van der Waals surface area contributed by atoms with Gasteiger partial charge in [0, 0.05) is 10.0 Å². The molecule has 0 spiro atoms. The second-order valence-electron chi connectivity index (χ2n) is 5.36. The summed E-state index contributed by atoms with van der Waals surface area (Å²) in [5.41, 5.74) is 1.79. The molecule has 3 nitrogen and oxygen atoms in total. The molecule has 0 aliphatic heterocycles. The van der Waals surface area contributed by atoms with Crippen LogP contribution in [-0.4, -0.2) is 26.5 Å². The fourth-order valence-electron chi connectivity index (χ4n) is 2.22. The summed E-state index contributed by atoms with van der Waals surface area (Å²) in [5.74, 6) is -0.0496. The highest BCUT2D eigenvalue weighted by Gasteiger charge is 2.18. The summed E-state index contributed by atoms with van der Waals surface area (Å²) >= 11 is 3.40. The molecule has 0 bridgehead atoms. The van der Waals surface area contributed by atoms with Gasteiger partial charge in [-0.2, -0.15) is 0 Å². The molecule has 0 aliphatic rings. The number of rotatable bonds is 5. The zero-order valence-corrected chi connectivity index (χ0v) is 13.9. The summed E-state index contributed by atoms with van der Waals surface area (Å²) in [6, 6.07) is 17.5. The van der Waals surface area contributed by atoms with Gasteiger partial charge in [0.1, 0.15) is 12.6 Å². The standard InChI is InChI=1S/C17H19BrN2O/c1-20(2)12-16(13-7-4-3-5-8-13)19-17(21)14-9-6-10-15(18)11-14/h3-11,16H,12H2,1-2H3,(H,19,21)/p+1/t16-/m1/s1. The molecule has 1 atom stereocenters. The van der Waals surface area contributed by atoms with Crippen LogP contribution in [0.1, 0.15) is 22.0 Å². The molecule has 0 saturated carbocycles. The van der Waals surface area contributed by atoms with Crippen molar-refractivity contribution >= 4 is 21.8 Å². The normalized spacial score (nSPS) is 12.2. The summed E-state index contributed by atoms with van der Waals surface area (Å²) in [6.07, 6.45) is 0. The first-order valence-electron chi connectivity index (χ1n) is 6.96. The number of carbonyl (C=O) groups excluding carboxylic acids is 1. The van der Waals surface area contributed by atoms with Gasteiger partial charge in [0.2, 0.25) is 0 Å². The Labute approximate surface area is 134 Å². The molecule has 4 heteroatoms. The lowest BCUT2D eigenvalue weighted by molar-refractivity contribution is -0.860. The van der Waals surface area contributed by atoms with Gasteiger partial charge in [0.25, 0.3) is 5.91 Å². The number of amides is 1. The van der Waals surface area contributed by atoms with Gasteiger partial charge in [-0.3, -0.25) is 4.79 Å². The fourth-order valence-corrected chi connectivity index (χ4v) is 2.62. The average molecular weight is 348 g/mol. The summed E-state index contributed by atoms with van der Waals surface area (Å²) in [6.45, 7) is 0.837. The lowest BCUT2D eigenvalue weighted by Crippen LogP contribution is -3.06. The van der Waals surface area contributed by atoms with E-state index < -0.39 is 0 Å². The van der Waals surface area contributed by atoms with Gasteiger partial charge in [0.15, 0.2) is 0 Å². The van der Waals surface area contributed by atoms with E-state index >= 15 is 0 Å². The number of hydrogen-bond donors (Lipinski definition) is 2. The molecular formula is C17H20BrN2O+. The van der Waals surface area contributed by atoms with Crippen LogP contribution in [0.25, 0.3) is 0 Å². The van der Waals surface area contributed by atoms with Crippen molar-refractivity contribution in [3.63, 3.8) is 0 Å². The van der Waals surface area contributed by atoms with E-state index in [0.29, 0.717) is 5.56 Å². The van der Waals surface area contributed by atoms with Crippen LogP contribution in [0.15, 0.2) is 59.1 Å². The molecular weight excluding hydrogens is 328 g/mol. The second kappa shape index (κ2) is 7.38. The van der Waals surface area contributed by atoms with Gasteiger partial charge in [-0.25, -0.2) is 0 Å². The van der Waals surface area contributed by atoms with Gasteiger partial charge in [-0.1, -0.05) is 52.3 Å². The maximum atomic E-state index is 12.4. The minimum atomic E-state index is -0.0496. The van der Waals surface area contributed by atoms with Crippen LogP contribution >= 0.6 is 15.9 Å². The lowest BCUT2D eigenvalue weighted by atomic mass is 10.1. The number of hydrogen-bond acceptors (Lipinski definition) is 1. The maximum Gasteiger partial charge on any atom is 0.252 e. The minimum Gasteiger partial charge on any atom is -0.340 e. The molecule has 0 unspecified atom stereocenters. The topological polar surface area (TPSA) is 33.5 Å². The Morgan fingerprint density at radius 3 is 2.48 bits per heavy atom. The van der Waals surface area contributed by atoms with Gasteiger partial charge in [-0.05, 0) is 23.8 Å². The van der Waals surface area contributed by atoms with Crippen molar-refractivity contribution in [2.45, 2.75) is 6.04 Å². The number of carbonyl (C=O) groups is 1. The van der Waals surface area contributed by atoms with E-state index in [1.54, 1.807) is 0 Å². The molecule has 2 aromatic carbocycles. The highest BCUT2D eigenvalue weighted by Crippen LogP contribution is 2.14. The quantitative estimate of drug-likeness (QED) is 0.852. The molecule has 2 rings (SSSR count). The molecule has 0 heterocycles. The fraction of sp³-hybridized carbons (Fsp3) is 0.235. The smallest absolute Gasteiger partial charge is 0.252 e. The zero-order valence-electron chi connectivity index (χ0n) is 12.3. The van der Waals surface area contributed by atoms with Crippen molar-refractivity contribution in [1.29, 1.82) is 0 Å². The molecule has 21 heavy (non-hydrogen) atoms. The van der Waals surface area contributed by atoms with Gasteiger partial charge in [-0.15, -0.1) is 0 Å². The number of halogens is 1. The van der Waals surface area contributed by atoms with Gasteiger partial charge in [0.05, 0.1) is 14.1 Å². The predicted octanol–water partition coefficient (Wildman–Crippen LogP) is 2.06. The summed E-state index contributed by atoms with van der Waals surface area (Å²) < 4.78 is 0.907. The van der Waals surface area contributed by atoms with Crippen LogP contribution in [0.4, 0.5) is 0 Å². The maximum absolute atomic E-state index is 12.4. The first kappa shape index (κ1) is 15.7. The van der Waals surface area contributed by atoms with Crippen molar-refractivity contribution in [3.8, 4) is 0 Å². The highest BCUT2D eigenvalue weighted by atomic mass is 79.9. The predicted molar refractivity (Wildman–Crippen MR) is 88.5 cm³/mol. The Balaban J connectivity index is 2.17. The van der Waals surface area contributed by atoms with Crippen molar-refractivity contribution in [2.24, 2.45) is 0 Å². The third-order valence-electron chi connectivity index (χ3n) is 3.21. The first-order chi connectivity index (χ1) is 10.1. The molecule has 1 amide bonds. The Kier molecular flexibility index (Phi) is 5.53. The molecule has 2 aromatic rings. The van der Waals surface area contributed by atoms with Crippen molar-refractivity contribution in [3.05, 3.63) is 70.2 Å². The molecule has 0 saturated heterocycles. The van der Waals surface area contributed by atoms with E-state index in [-0.39, 0.29) is 11.9 Å². The highest BCUT2D eigenvalue weighted by molar-refractivity contribution is 9.10. The molecule has 0 aromatic heterocycles. The minimum absolute atomic E-state index is 0.00248. The number of nitrogens with one attached hydrogen (secondary N) is 2. The monoisotopic (exact) mass is 347 g/mol. The summed E-state index contributed by atoms with van der Waals surface area (Å²) in [7, 11) is 4.17. The van der Waals surface area contributed by atoms with Gasteiger partial charge >= 0.3 is 0 Å². The van der Waals surface area contributed by atoms with E-state index in [0.717, 1.165) is 16.6 Å². The molecule has 2 N–H and O–H groups in total. The SMILES string of the molecule is C[NH+](C)C[C@@H](NC(=O)c1cccc(Br)c1)c1ccccc1. The van der Waals surface area contributed by atoms with Crippen LogP contribution in [-0.2, 0) is 0 Å². The Bertz CT molecular complexity index is 599. The van der Waals surface area contributed by atoms with Crippen LogP contribution in [0.2, 0.25) is 0 Å². The second-order valence-corrected chi connectivity index (χ2v) is 6.27. The molecule has 0 fully saturated rings. The van der Waals surface area contributed by atoms with E-state index in [4.69, 9.17) is 0 Å². The van der Waals surface area contributed by atoms with E-state index in [9.17, 15) is 4.79 Å². The molecule has 0 radical (unpaired) electrons. The van der Waals surface area contributed by atoms with Crippen molar-refractivity contribution < 1.29 is 9.69 Å². The van der Waals surface area contributed by atoms with Gasteiger partial charge < -0.3 is 10.2 Å². The van der Waals surface area contributed by atoms with Crippen LogP contribution in [0, 0.1) is 0 Å². The number of benzene rings is 2. The Morgan fingerprint density at radius 1 is 1.14 bits per heavy atom. The van der Waals surface area contributed by atoms with Crippen molar-refractivity contribution in [2.75, 3.05) is 20.6 Å². The van der Waals surface area contributed by atoms with Crippen LogP contribution in [0.3, 0.4) is 0 Å². The molecule has 110 valence electrons. The van der Waals surface area contributed by atoms with E-state index in [1.807, 2.05) is 42.5 Å². The van der Waals surface area contributed by atoms with E-state index in [1.165, 1.54) is 4.90 Å². The Morgan fingerprint density at radius 2 is 1.86 bits per heavy atom. The zero-order chi connectivity index (χ0) is 15.2. The Hall–Kier alpha value is -1.65. The van der Waals surface area contributed by atoms with E-state index in [2.05, 4.69) is 47.5 Å². The lowest BCUT2D eigenvalue weighted by Gasteiger charge is -2.21. The average Bonchev–Trinajstić information content (AvgIpc) is 2.47. The summed E-state index contributed by atoms with van der Waals surface area (Å²) in [4.78, 5) is 13.7. The number of quaternary nitrogens is 1. The van der Waals surface area contributed by atoms with Crippen LogP contribution < -0.4 is 10.2 Å². The summed E-state index contributed by atoms with van der Waals surface area (Å²) in [5, 5.41) is 3.13. The third-order valence-corrected chi connectivity index (χ3v) is 3.70. The van der Waals surface area contributed by atoms with Crippen molar-refractivity contribution in [1.82, 2.24) is 5.32 Å². The van der Waals surface area contributed by atoms with Crippen LogP contribution in [0.5, 0.6) is 0 Å². The third kappa shape index (κ3) is 4.69.